The molecule has 1 aliphatic rings. The first-order valence-corrected chi connectivity index (χ1v) is 22.0. The number of phosphoric acid groups is 1. The Labute approximate surface area is 318 Å². The van der Waals surface area contributed by atoms with E-state index in [1.165, 1.54) is 64.2 Å². The van der Waals surface area contributed by atoms with Crippen LogP contribution in [-0.2, 0) is 32.7 Å². The van der Waals surface area contributed by atoms with E-state index in [1.807, 2.05) is 0 Å². The summed E-state index contributed by atoms with van der Waals surface area (Å²) in [5, 5.41) is 49.9. The highest BCUT2D eigenvalue weighted by molar-refractivity contribution is 7.47. The summed E-state index contributed by atoms with van der Waals surface area (Å²) in [5.74, 6) is -1.11. The number of carbonyl (C=O) groups is 2. The van der Waals surface area contributed by atoms with Crippen molar-refractivity contribution in [1.82, 2.24) is 0 Å². The lowest BCUT2D eigenvalue weighted by Crippen LogP contribution is -2.64. The summed E-state index contributed by atoms with van der Waals surface area (Å²) >= 11 is 0. The van der Waals surface area contributed by atoms with Crippen molar-refractivity contribution >= 4 is 19.8 Å². The summed E-state index contributed by atoms with van der Waals surface area (Å²) in [6, 6.07) is 0. The van der Waals surface area contributed by atoms with E-state index in [1.54, 1.807) is 0 Å². The van der Waals surface area contributed by atoms with Gasteiger partial charge in [-0.25, -0.2) is 4.57 Å². The summed E-state index contributed by atoms with van der Waals surface area (Å²) in [6.07, 6.45) is 15.7. The van der Waals surface area contributed by atoms with E-state index in [-0.39, 0.29) is 12.8 Å². The van der Waals surface area contributed by atoms with Gasteiger partial charge in [0.15, 0.2) is 6.10 Å². The largest absolute Gasteiger partial charge is 0.472 e. The van der Waals surface area contributed by atoms with Crippen LogP contribution >= 0.6 is 7.82 Å². The monoisotopic (exact) mass is 780 g/mol. The van der Waals surface area contributed by atoms with Crippen LogP contribution in [0.25, 0.3) is 0 Å². The number of unbranched alkanes of at least 4 members (excludes halogenated alkanes) is 19. The molecule has 0 aliphatic heterocycles. The number of aliphatic hydroxyl groups is 5. The number of hydrogen-bond donors (Lipinski definition) is 6. The molecule has 1 saturated carbocycles. The number of rotatable bonds is 33. The SMILES string of the molecule is CCCCCC/C=C\CCCCCCCC(=O)OC[C@H](COP(=O)(O)OC1C(O)C(O)C(O)[C@@H](O)C1O)OC(=O)CCCCCCCCCCCCC. The van der Waals surface area contributed by atoms with Gasteiger partial charge < -0.3 is 39.9 Å². The second kappa shape index (κ2) is 30.8. The average Bonchev–Trinajstić information content (AvgIpc) is 3.13. The van der Waals surface area contributed by atoms with Gasteiger partial charge in [0.1, 0.15) is 43.2 Å². The molecule has 0 bridgehead atoms. The number of esters is 2. The van der Waals surface area contributed by atoms with Crippen LogP contribution < -0.4 is 0 Å². The maximum Gasteiger partial charge on any atom is 0.472 e. The lowest BCUT2D eigenvalue weighted by molar-refractivity contribution is -0.220. The van der Waals surface area contributed by atoms with Gasteiger partial charge >= 0.3 is 19.8 Å². The molecule has 13 nitrogen and oxygen atoms in total. The van der Waals surface area contributed by atoms with E-state index in [0.29, 0.717) is 12.8 Å². The van der Waals surface area contributed by atoms with Gasteiger partial charge in [-0.1, -0.05) is 129 Å². The zero-order chi connectivity index (χ0) is 39.3. The van der Waals surface area contributed by atoms with Gasteiger partial charge in [-0.05, 0) is 38.5 Å². The van der Waals surface area contributed by atoms with Crippen molar-refractivity contribution in [1.29, 1.82) is 0 Å². The van der Waals surface area contributed by atoms with E-state index in [0.717, 1.165) is 64.2 Å². The molecule has 0 amide bonds. The number of allylic oxidation sites excluding steroid dienone is 2. The summed E-state index contributed by atoms with van der Waals surface area (Å²) in [6.45, 7) is 3.24. The van der Waals surface area contributed by atoms with Crippen LogP contribution in [0.5, 0.6) is 0 Å². The predicted octanol–water partition coefficient (Wildman–Crippen LogP) is 6.72. The molecule has 0 aromatic heterocycles. The smallest absolute Gasteiger partial charge is 0.462 e. The summed E-state index contributed by atoms with van der Waals surface area (Å²) in [4.78, 5) is 35.5. The minimum Gasteiger partial charge on any atom is -0.462 e. The highest BCUT2D eigenvalue weighted by Gasteiger charge is 2.51. The molecule has 53 heavy (non-hydrogen) atoms. The molecule has 0 aromatic rings. The van der Waals surface area contributed by atoms with Crippen LogP contribution in [0.1, 0.15) is 168 Å². The molecule has 6 unspecified atom stereocenters. The normalized spacial score (nSPS) is 23.5. The second-order valence-electron chi connectivity index (χ2n) is 14.5. The third kappa shape index (κ3) is 24.0. The molecule has 0 spiro atoms. The Hall–Kier alpha value is -1.41. The fourth-order valence-electron chi connectivity index (χ4n) is 6.22. The number of carbonyl (C=O) groups excluding carboxylic acids is 2. The van der Waals surface area contributed by atoms with Crippen molar-refractivity contribution in [3.8, 4) is 0 Å². The van der Waals surface area contributed by atoms with E-state index >= 15 is 0 Å². The fraction of sp³-hybridized carbons (Fsp3) is 0.897. The molecule has 6 N–H and O–H groups in total. The Morgan fingerprint density at radius 1 is 0.566 bits per heavy atom. The van der Waals surface area contributed by atoms with Gasteiger partial charge in [0.25, 0.3) is 0 Å². The van der Waals surface area contributed by atoms with Crippen LogP contribution in [0.3, 0.4) is 0 Å². The molecular formula is C39H73O13P. The number of aliphatic hydroxyl groups excluding tert-OH is 5. The van der Waals surface area contributed by atoms with Crippen molar-refractivity contribution in [3.05, 3.63) is 12.2 Å². The van der Waals surface area contributed by atoms with Crippen LogP contribution in [0.4, 0.5) is 0 Å². The van der Waals surface area contributed by atoms with Crippen molar-refractivity contribution in [2.75, 3.05) is 13.2 Å². The second-order valence-corrected chi connectivity index (χ2v) is 15.9. The Bertz CT molecular complexity index is 996. The molecule has 14 heteroatoms. The summed E-state index contributed by atoms with van der Waals surface area (Å²) in [5.41, 5.74) is 0. The molecule has 312 valence electrons. The lowest BCUT2D eigenvalue weighted by Gasteiger charge is -2.41. The molecule has 0 radical (unpaired) electrons. The molecular weight excluding hydrogens is 707 g/mol. The number of hydrogen-bond acceptors (Lipinski definition) is 12. The maximum absolute atomic E-state index is 12.7. The standard InChI is InChI=1S/C39H73O13P/c1-3-5-7-9-11-13-15-16-18-19-21-23-25-27-32(40)49-29-31(51-33(41)28-26-24-22-20-17-14-12-10-8-6-4-2)30-50-53(47,48)52-39-37(45)35(43)34(42)36(44)38(39)46/h13,15,31,34-39,42-46H,3-12,14,16-30H2,1-2H3,(H,47,48)/b15-13-/t31-,34?,35-,36?,37?,38?,39?/m1/s1. The average molecular weight is 781 g/mol. The van der Waals surface area contributed by atoms with Crippen LogP contribution in [0.2, 0.25) is 0 Å². The zero-order valence-electron chi connectivity index (χ0n) is 32.6. The topological polar surface area (TPSA) is 210 Å². The molecule has 1 aliphatic carbocycles. The summed E-state index contributed by atoms with van der Waals surface area (Å²) in [7, 11) is -5.10. The lowest BCUT2D eigenvalue weighted by atomic mass is 9.85. The Morgan fingerprint density at radius 3 is 1.45 bits per heavy atom. The van der Waals surface area contributed by atoms with E-state index in [9.17, 15) is 44.6 Å². The Balaban J connectivity index is 2.52. The molecule has 8 atom stereocenters. The highest BCUT2D eigenvalue weighted by Crippen LogP contribution is 2.47. The van der Waals surface area contributed by atoms with Crippen molar-refractivity contribution < 1.29 is 63.1 Å². The highest BCUT2D eigenvalue weighted by atomic mass is 31.2. The van der Waals surface area contributed by atoms with Gasteiger partial charge in [0, 0.05) is 12.8 Å². The molecule has 0 saturated heterocycles. The van der Waals surface area contributed by atoms with Gasteiger partial charge in [-0.15, -0.1) is 0 Å². The van der Waals surface area contributed by atoms with Gasteiger partial charge in [-0.3, -0.25) is 18.6 Å². The van der Waals surface area contributed by atoms with Crippen molar-refractivity contribution in [2.45, 2.75) is 211 Å². The van der Waals surface area contributed by atoms with Crippen LogP contribution in [0, 0.1) is 0 Å². The van der Waals surface area contributed by atoms with E-state index < -0.39 is 75.7 Å². The van der Waals surface area contributed by atoms with Crippen LogP contribution in [0.15, 0.2) is 12.2 Å². The molecule has 1 rings (SSSR count). The molecule has 1 fully saturated rings. The Kier molecular flexibility index (Phi) is 28.8. The van der Waals surface area contributed by atoms with E-state index in [2.05, 4.69) is 26.0 Å². The third-order valence-electron chi connectivity index (χ3n) is 9.61. The first-order valence-electron chi connectivity index (χ1n) is 20.5. The molecule has 0 heterocycles. The minimum absolute atomic E-state index is 0.0993. The number of phosphoric ester groups is 1. The first-order chi connectivity index (χ1) is 25.4. The van der Waals surface area contributed by atoms with Crippen LogP contribution in [-0.4, -0.2) is 98.3 Å². The minimum atomic E-state index is -5.10. The van der Waals surface area contributed by atoms with Crippen molar-refractivity contribution in [2.24, 2.45) is 0 Å². The fourth-order valence-corrected chi connectivity index (χ4v) is 7.19. The molecule has 0 aromatic carbocycles. The van der Waals surface area contributed by atoms with Gasteiger partial charge in [-0.2, -0.15) is 0 Å². The van der Waals surface area contributed by atoms with Gasteiger partial charge in [0.05, 0.1) is 6.61 Å². The number of ether oxygens (including phenoxy) is 2. The quantitative estimate of drug-likeness (QED) is 0.0177. The Morgan fingerprint density at radius 2 is 0.962 bits per heavy atom. The zero-order valence-corrected chi connectivity index (χ0v) is 33.5. The first kappa shape index (κ1) is 49.6. The van der Waals surface area contributed by atoms with Crippen molar-refractivity contribution in [3.63, 3.8) is 0 Å². The summed E-state index contributed by atoms with van der Waals surface area (Å²) < 4.78 is 33.3. The van der Waals surface area contributed by atoms with E-state index in [4.69, 9.17) is 18.5 Å². The van der Waals surface area contributed by atoms with Gasteiger partial charge in [0.2, 0.25) is 0 Å². The third-order valence-corrected chi connectivity index (χ3v) is 10.6. The predicted molar refractivity (Wildman–Crippen MR) is 203 cm³/mol. The maximum atomic E-state index is 12.7.